The fourth-order valence-electron chi connectivity index (χ4n) is 5.11. The Morgan fingerprint density at radius 1 is 1.19 bits per heavy atom. The Morgan fingerprint density at radius 2 is 2.02 bits per heavy atom. The summed E-state index contributed by atoms with van der Waals surface area (Å²) in [6.45, 7) is 5.90. The number of benzene rings is 3. The summed E-state index contributed by atoms with van der Waals surface area (Å²) in [5, 5.41) is 20.2. The van der Waals surface area contributed by atoms with Gasteiger partial charge in [-0.15, -0.1) is 10.2 Å². The van der Waals surface area contributed by atoms with E-state index in [2.05, 4.69) is 16.8 Å². The number of aliphatic hydroxyl groups is 1. The molecule has 4 aromatic rings. The standard InChI is InChI=1S/C32H26FN3O5S2/c1-3-13-40-23-9-6-8-19(16-23)27-26(28(37)20-11-12-25-22(15-20)14-18(2)41-25)29(38)30(39)36(27)31-34-35-32(43-31)42-17-21-7-4-5-10-24(21)33/h3-12,15-16,18,27,37H,1,13-14,17H2,2H3/t18-,27+/m1/s1. The molecule has 2 atom stereocenters. The van der Waals surface area contributed by atoms with E-state index < -0.39 is 17.7 Å². The molecule has 0 saturated carbocycles. The third-order valence-corrected chi connectivity index (χ3v) is 9.17. The molecule has 2 aliphatic heterocycles. The molecule has 43 heavy (non-hydrogen) atoms. The van der Waals surface area contributed by atoms with E-state index in [-0.39, 0.29) is 35.0 Å². The lowest BCUT2D eigenvalue weighted by Gasteiger charge is -2.23. The van der Waals surface area contributed by atoms with Crippen molar-refractivity contribution < 1.29 is 28.6 Å². The van der Waals surface area contributed by atoms with Crippen LogP contribution in [0, 0.1) is 5.82 Å². The van der Waals surface area contributed by atoms with Crippen LogP contribution in [0.5, 0.6) is 11.5 Å². The van der Waals surface area contributed by atoms with Crippen LogP contribution in [-0.4, -0.2) is 39.7 Å². The highest BCUT2D eigenvalue weighted by molar-refractivity contribution is 8.00. The molecule has 1 N–H and O–H groups in total. The smallest absolute Gasteiger partial charge is 0.301 e. The molecular formula is C32H26FN3O5S2. The zero-order valence-corrected chi connectivity index (χ0v) is 24.7. The molecule has 1 amide bonds. The van der Waals surface area contributed by atoms with Crippen LogP contribution in [0.4, 0.5) is 9.52 Å². The summed E-state index contributed by atoms with van der Waals surface area (Å²) in [7, 11) is 0. The molecular weight excluding hydrogens is 590 g/mol. The molecule has 218 valence electrons. The Bertz CT molecular complexity index is 1770. The summed E-state index contributed by atoms with van der Waals surface area (Å²) >= 11 is 2.38. The summed E-state index contributed by atoms with van der Waals surface area (Å²) in [4.78, 5) is 28.5. The average Bonchev–Trinajstić information content (AvgIpc) is 3.70. The van der Waals surface area contributed by atoms with E-state index >= 15 is 0 Å². The van der Waals surface area contributed by atoms with Gasteiger partial charge >= 0.3 is 5.91 Å². The molecule has 1 fully saturated rings. The zero-order valence-electron chi connectivity index (χ0n) is 23.0. The molecule has 0 unspecified atom stereocenters. The van der Waals surface area contributed by atoms with Crippen LogP contribution in [0.2, 0.25) is 0 Å². The van der Waals surface area contributed by atoms with Crippen molar-refractivity contribution in [1.82, 2.24) is 10.2 Å². The van der Waals surface area contributed by atoms with Crippen LogP contribution in [0.25, 0.3) is 5.76 Å². The van der Waals surface area contributed by atoms with Gasteiger partial charge in [0.1, 0.15) is 35.8 Å². The highest BCUT2D eigenvalue weighted by Crippen LogP contribution is 2.45. The summed E-state index contributed by atoms with van der Waals surface area (Å²) in [6.07, 6.45) is 2.27. The SMILES string of the molecule is C=CCOc1cccc([C@H]2C(=C(O)c3ccc4c(c3)C[C@@H](C)O4)C(=O)C(=O)N2c2nnc(SCc3ccccc3F)s2)c1. The van der Waals surface area contributed by atoms with Gasteiger partial charge in [0.05, 0.1) is 11.6 Å². The number of aliphatic hydroxyl groups excluding tert-OH is 1. The van der Waals surface area contributed by atoms with E-state index in [1.165, 1.54) is 22.7 Å². The van der Waals surface area contributed by atoms with Gasteiger partial charge in [-0.2, -0.15) is 0 Å². The number of carbonyl (C=O) groups excluding carboxylic acids is 2. The molecule has 0 aliphatic carbocycles. The van der Waals surface area contributed by atoms with Crippen LogP contribution in [-0.2, 0) is 21.8 Å². The number of ketones is 1. The molecule has 0 radical (unpaired) electrons. The quantitative estimate of drug-likeness (QED) is 0.0570. The van der Waals surface area contributed by atoms with Crippen LogP contribution >= 0.6 is 23.1 Å². The topological polar surface area (TPSA) is 102 Å². The van der Waals surface area contributed by atoms with Gasteiger partial charge in [0.25, 0.3) is 5.78 Å². The van der Waals surface area contributed by atoms with E-state index in [0.29, 0.717) is 39.0 Å². The van der Waals surface area contributed by atoms with Crippen molar-refractivity contribution >= 4 is 45.7 Å². The second-order valence-corrected chi connectivity index (χ2v) is 12.2. The van der Waals surface area contributed by atoms with Crippen molar-refractivity contribution in [1.29, 1.82) is 0 Å². The number of carbonyl (C=O) groups is 2. The van der Waals surface area contributed by atoms with E-state index in [1.54, 1.807) is 66.7 Å². The number of nitrogens with zero attached hydrogens (tertiary/aromatic N) is 3. The maximum absolute atomic E-state index is 14.1. The number of ether oxygens (including phenoxy) is 2. The summed E-state index contributed by atoms with van der Waals surface area (Å²) in [6, 6.07) is 17.6. The number of amides is 1. The second-order valence-electron chi connectivity index (χ2n) is 10.0. The summed E-state index contributed by atoms with van der Waals surface area (Å²) < 4.78 is 26.2. The van der Waals surface area contributed by atoms with Crippen LogP contribution in [0.15, 0.2) is 89.3 Å². The van der Waals surface area contributed by atoms with Gasteiger partial charge in [0, 0.05) is 17.7 Å². The van der Waals surface area contributed by atoms with Crippen LogP contribution < -0.4 is 14.4 Å². The number of aromatic nitrogens is 2. The number of hydrogen-bond donors (Lipinski definition) is 1. The molecule has 2 aliphatic rings. The predicted octanol–water partition coefficient (Wildman–Crippen LogP) is 6.48. The lowest BCUT2D eigenvalue weighted by molar-refractivity contribution is -0.132. The molecule has 8 nitrogen and oxygen atoms in total. The van der Waals surface area contributed by atoms with Crippen molar-refractivity contribution in [2.45, 2.75) is 35.6 Å². The Hall–Kier alpha value is -4.48. The first-order valence-electron chi connectivity index (χ1n) is 13.5. The highest BCUT2D eigenvalue weighted by Gasteiger charge is 2.48. The van der Waals surface area contributed by atoms with Gasteiger partial charge in [-0.1, -0.05) is 66.1 Å². The van der Waals surface area contributed by atoms with E-state index in [4.69, 9.17) is 9.47 Å². The minimum atomic E-state index is -1.01. The van der Waals surface area contributed by atoms with Gasteiger partial charge in [0.15, 0.2) is 4.34 Å². The third-order valence-electron chi connectivity index (χ3n) is 7.07. The first-order chi connectivity index (χ1) is 20.8. The number of anilines is 1. The zero-order chi connectivity index (χ0) is 30.1. The molecule has 3 aromatic carbocycles. The Morgan fingerprint density at radius 3 is 2.84 bits per heavy atom. The third kappa shape index (κ3) is 5.65. The molecule has 3 heterocycles. The van der Waals surface area contributed by atoms with Crippen molar-refractivity contribution in [2.24, 2.45) is 0 Å². The maximum Gasteiger partial charge on any atom is 0.301 e. The van der Waals surface area contributed by atoms with Gasteiger partial charge in [-0.3, -0.25) is 14.5 Å². The fraction of sp³-hybridized carbons (Fsp3) is 0.188. The van der Waals surface area contributed by atoms with Gasteiger partial charge in [-0.05, 0) is 60.0 Å². The van der Waals surface area contributed by atoms with Crippen molar-refractivity contribution in [2.75, 3.05) is 11.5 Å². The minimum Gasteiger partial charge on any atom is -0.507 e. The summed E-state index contributed by atoms with van der Waals surface area (Å²) in [5.41, 5.74) is 2.28. The molecule has 1 saturated heterocycles. The molecule has 11 heteroatoms. The normalized spacial score (nSPS) is 18.9. The van der Waals surface area contributed by atoms with E-state index in [1.807, 2.05) is 6.92 Å². The van der Waals surface area contributed by atoms with Crippen LogP contribution in [0.3, 0.4) is 0 Å². The molecule has 1 aromatic heterocycles. The highest BCUT2D eigenvalue weighted by atomic mass is 32.2. The summed E-state index contributed by atoms with van der Waals surface area (Å²) in [5.74, 6) is -0.773. The first-order valence-corrected chi connectivity index (χ1v) is 15.3. The van der Waals surface area contributed by atoms with Crippen molar-refractivity contribution in [3.63, 3.8) is 0 Å². The largest absolute Gasteiger partial charge is 0.507 e. The average molecular weight is 616 g/mol. The number of thioether (sulfide) groups is 1. The fourth-order valence-corrected chi connectivity index (χ4v) is 6.97. The van der Waals surface area contributed by atoms with Gasteiger partial charge in [0.2, 0.25) is 5.13 Å². The molecule has 0 bridgehead atoms. The predicted molar refractivity (Wildman–Crippen MR) is 163 cm³/mol. The molecule has 6 rings (SSSR count). The number of Topliss-reactive ketones (excluding diaryl/α,β-unsaturated/α-hetero) is 1. The number of fused-ring (bicyclic) bond motifs is 1. The van der Waals surface area contributed by atoms with Crippen molar-refractivity contribution in [3.05, 3.63) is 113 Å². The Kier molecular flexibility index (Phi) is 8.00. The lowest BCUT2D eigenvalue weighted by Crippen LogP contribution is -2.29. The Labute approximate surface area is 255 Å². The lowest BCUT2D eigenvalue weighted by atomic mass is 9.94. The van der Waals surface area contributed by atoms with Crippen LogP contribution in [0.1, 0.15) is 35.2 Å². The van der Waals surface area contributed by atoms with Gasteiger partial charge < -0.3 is 14.6 Å². The number of rotatable bonds is 9. The van der Waals surface area contributed by atoms with E-state index in [0.717, 1.165) is 22.6 Å². The van der Waals surface area contributed by atoms with Gasteiger partial charge in [-0.25, -0.2) is 4.39 Å². The number of hydrogen-bond acceptors (Lipinski definition) is 9. The maximum atomic E-state index is 14.1. The first kappa shape index (κ1) is 28.6. The molecule has 0 spiro atoms. The monoisotopic (exact) mass is 615 g/mol. The number of halogens is 1. The van der Waals surface area contributed by atoms with E-state index in [9.17, 15) is 19.1 Å². The van der Waals surface area contributed by atoms with Crippen molar-refractivity contribution in [3.8, 4) is 11.5 Å². The second kappa shape index (κ2) is 12.0. The minimum absolute atomic E-state index is 0.000802. The Balaban J connectivity index is 1.40.